The number of rotatable bonds is 3. The third-order valence-corrected chi connectivity index (χ3v) is 2.83. The van der Waals surface area contributed by atoms with Crippen molar-refractivity contribution in [3.63, 3.8) is 0 Å². The van der Waals surface area contributed by atoms with Crippen LogP contribution in [0, 0.1) is 0 Å². The summed E-state index contributed by atoms with van der Waals surface area (Å²) in [4.78, 5) is 0.935. The van der Waals surface area contributed by atoms with E-state index in [-0.39, 0.29) is 0 Å². The highest BCUT2D eigenvalue weighted by Crippen LogP contribution is 2.15. The fourth-order valence-electron chi connectivity index (χ4n) is 1.54. The van der Waals surface area contributed by atoms with E-state index < -0.39 is 0 Å². The van der Waals surface area contributed by atoms with Gasteiger partial charge in [-0.1, -0.05) is 54.6 Å². The van der Waals surface area contributed by atoms with E-state index in [1.54, 1.807) is 0 Å². The summed E-state index contributed by atoms with van der Waals surface area (Å²) >= 11 is 4.25. The first-order chi connectivity index (χ1) is 9.34. The van der Waals surface area contributed by atoms with Gasteiger partial charge in [-0.3, -0.25) is 0 Å². The third kappa shape index (κ3) is 5.06. The number of thiol groups is 1. The molecule has 0 aliphatic heterocycles. The molecule has 0 N–H and O–H groups in total. The van der Waals surface area contributed by atoms with Crippen LogP contribution in [-0.4, -0.2) is 0 Å². The standard InChI is InChI=1S/C17H16OS/c19-17-12-10-16(11-13-17)18-14-15-8-6-4-2-1-3-5-7-9-15/h1-13,19H,14H2. The Hall–Kier alpha value is -1.93. The predicted molar refractivity (Wildman–Crippen MR) is 82.1 cm³/mol. The molecule has 0 fully saturated rings. The second kappa shape index (κ2) is 7.49. The van der Waals surface area contributed by atoms with E-state index >= 15 is 0 Å². The van der Waals surface area contributed by atoms with Crippen molar-refractivity contribution in [1.29, 1.82) is 0 Å². The quantitative estimate of drug-likeness (QED) is 0.795. The van der Waals surface area contributed by atoms with Crippen LogP contribution in [0.5, 0.6) is 5.75 Å². The average molecular weight is 268 g/mol. The minimum absolute atomic E-state index is 0.546. The van der Waals surface area contributed by atoms with E-state index in [1.807, 2.05) is 78.9 Å². The Labute approximate surface area is 119 Å². The molecule has 96 valence electrons. The molecular formula is C17H16OS. The van der Waals surface area contributed by atoms with Gasteiger partial charge >= 0.3 is 0 Å². The van der Waals surface area contributed by atoms with Crippen molar-refractivity contribution in [3.05, 3.63) is 84.4 Å². The van der Waals surface area contributed by atoms with Crippen LogP contribution in [0.1, 0.15) is 5.56 Å². The molecule has 0 amide bonds. The van der Waals surface area contributed by atoms with Gasteiger partial charge in [-0.15, -0.1) is 12.6 Å². The number of benzene rings is 1. The van der Waals surface area contributed by atoms with Gasteiger partial charge in [0.2, 0.25) is 0 Å². The van der Waals surface area contributed by atoms with Crippen LogP contribution in [0.3, 0.4) is 0 Å². The first-order valence-corrected chi connectivity index (χ1v) is 6.58. The summed E-state index contributed by atoms with van der Waals surface area (Å²) in [6.07, 6.45) is 0. The number of hydrogen-bond acceptors (Lipinski definition) is 2. The van der Waals surface area contributed by atoms with E-state index in [2.05, 4.69) is 12.6 Å². The van der Waals surface area contributed by atoms with E-state index in [0.717, 1.165) is 16.2 Å². The van der Waals surface area contributed by atoms with Crippen molar-refractivity contribution < 1.29 is 4.74 Å². The van der Waals surface area contributed by atoms with Crippen molar-refractivity contribution in [3.8, 4) is 5.75 Å². The second-order valence-electron chi connectivity index (χ2n) is 4.04. The zero-order valence-corrected chi connectivity index (χ0v) is 11.5. The molecule has 0 aliphatic rings. The van der Waals surface area contributed by atoms with Crippen LogP contribution >= 0.6 is 12.6 Å². The Morgan fingerprint density at radius 2 is 1.21 bits per heavy atom. The second-order valence-corrected chi connectivity index (χ2v) is 4.55. The van der Waals surface area contributed by atoms with Crippen LogP contribution in [0.15, 0.2) is 83.8 Å². The first-order valence-electron chi connectivity index (χ1n) is 6.14. The molecule has 2 heteroatoms. The topological polar surface area (TPSA) is 9.23 Å². The molecule has 0 unspecified atom stereocenters. The molecule has 0 saturated heterocycles. The Bertz CT molecular complexity index is 537. The van der Waals surface area contributed by atoms with Crippen molar-refractivity contribution in [1.82, 2.24) is 0 Å². The van der Waals surface area contributed by atoms with Gasteiger partial charge in [-0.25, -0.2) is 0 Å². The lowest BCUT2D eigenvalue weighted by atomic mass is 10.2. The summed E-state index contributed by atoms with van der Waals surface area (Å²) in [6.45, 7) is 0.546. The largest absolute Gasteiger partial charge is 0.489 e. The van der Waals surface area contributed by atoms with E-state index in [4.69, 9.17) is 4.74 Å². The van der Waals surface area contributed by atoms with Gasteiger partial charge in [0.1, 0.15) is 12.4 Å². The molecule has 2 aromatic rings. The highest BCUT2D eigenvalue weighted by atomic mass is 32.1. The molecule has 2 aromatic carbocycles. The molecule has 0 radical (unpaired) electrons. The van der Waals surface area contributed by atoms with E-state index in [0.29, 0.717) is 6.61 Å². The maximum atomic E-state index is 5.74. The Morgan fingerprint density at radius 1 is 0.684 bits per heavy atom. The van der Waals surface area contributed by atoms with Crippen molar-refractivity contribution >= 4 is 12.6 Å². The van der Waals surface area contributed by atoms with E-state index in [1.165, 1.54) is 0 Å². The monoisotopic (exact) mass is 268 g/mol. The molecule has 0 aromatic heterocycles. The minimum atomic E-state index is 0.546. The lowest BCUT2D eigenvalue weighted by molar-refractivity contribution is 0.306. The van der Waals surface area contributed by atoms with E-state index in [9.17, 15) is 0 Å². The summed E-state index contributed by atoms with van der Waals surface area (Å²) in [6, 6.07) is 25.8. The van der Waals surface area contributed by atoms with Crippen LogP contribution in [0.2, 0.25) is 0 Å². The average Bonchev–Trinajstić information content (AvgIpc) is 2.45. The highest BCUT2D eigenvalue weighted by molar-refractivity contribution is 7.80. The molecule has 1 nitrogen and oxygen atoms in total. The van der Waals surface area contributed by atoms with Gasteiger partial charge in [0.05, 0.1) is 0 Å². The van der Waals surface area contributed by atoms with Crippen LogP contribution < -0.4 is 4.74 Å². The number of hydrogen-bond donors (Lipinski definition) is 1. The fraction of sp³-hybridized carbons (Fsp3) is 0.0588. The summed E-state index contributed by atoms with van der Waals surface area (Å²) in [5, 5.41) is 0. The third-order valence-electron chi connectivity index (χ3n) is 2.53. The predicted octanol–water partition coefficient (Wildman–Crippen LogP) is 4.68. The normalized spacial score (nSPS) is 9.53. The lowest BCUT2D eigenvalue weighted by Crippen LogP contribution is -1.93. The molecule has 0 atom stereocenters. The van der Waals surface area contributed by atoms with Gasteiger partial charge in [-0.2, -0.15) is 0 Å². The van der Waals surface area contributed by atoms with Gasteiger partial charge in [0, 0.05) is 4.90 Å². The van der Waals surface area contributed by atoms with Crippen molar-refractivity contribution in [2.24, 2.45) is 0 Å². The smallest absolute Gasteiger partial charge is 0.119 e. The maximum absolute atomic E-state index is 5.74. The first kappa shape index (κ1) is 13.5. The van der Waals surface area contributed by atoms with Crippen molar-refractivity contribution in [2.45, 2.75) is 11.5 Å². The van der Waals surface area contributed by atoms with Gasteiger partial charge < -0.3 is 4.74 Å². The van der Waals surface area contributed by atoms with Gasteiger partial charge in [0.25, 0.3) is 0 Å². The highest BCUT2D eigenvalue weighted by Gasteiger charge is 1.94. The Balaban J connectivity index is 2.08. The fourth-order valence-corrected chi connectivity index (χ4v) is 1.69. The minimum Gasteiger partial charge on any atom is -0.489 e. The SMILES string of the molecule is Sc1ccc(OCc2ccccccccc2)cc1. The maximum Gasteiger partial charge on any atom is 0.119 e. The zero-order valence-electron chi connectivity index (χ0n) is 10.6. The molecular weight excluding hydrogens is 252 g/mol. The van der Waals surface area contributed by atoms with Crippen LogP contribution in [0.25, 0.3) is 0 Å². The lowest BCUT2D eigenvalue weighted by Gasteiger charge is -2.05. The molecule has 2 rings (SSSR count). The summed E-state index contributed by atoms with van der Waals surface area (Å²) in [5.74, 6) is 0.851. The zero-order chi connectivity index (χ0) is 13.3. The van der Waals surface area contributed by atoms with Crippen LogP contribution in [-0.2, 0) is 6.61 Å². The molecule has 0 saturated carbocycles. The number of ether oxygens (including phenoxy) is 1. The molecule has 0 heterocycles. The van der Waals surface area contributed by atoms with Gasteiger partial charge in [0.15, 0.2) is 0 Å². The Kier molecular flexibility index (Phi) is 5.32. The summed E-state index contributed by atoms with van der Waals surface area (Å²) in [7, 11) is 0. The van der Waals surface area contributed by atoms with Gasteiger partial charge in [-0.05, 0) is 29.8 Å². The van der Waals surface area contributed by atoms with Crippen molar-refractivity contribution in [2.75, 3.05) is 0 Å². The molecule has 0 aliphatic carbocycles. The molecule has 0 bridgehead atoms. The summed E-state index contributed by atoms with van der Waals surface area (Å²) < 4.78 is 5.74. The molecule has 0 spiro atoms. The molecule has 19 heavy (non-hydrogen) atoms. The summed E-state index contributed by atoms with van der Waals surface area (Å²) in [5.41, 5.74) is 1.12. The Morgan fingerprint density at radius 3 is 1.79 bits per heavy atom. The van der Waals surface area contributed by atoms with Crippen LogP contribution in [0.4, 0.5) is 0 Å².